The van der Waals surface area contributed by atoms with Gasteiger partial charge < -0.3 is 4.74 Å². The molecular weight excluding hydrogens is 314 g/mol. The van der Waals surface area contributed by atoms with Crippen LogP contribution in [-0.4, -0.2) is 4.98 Å². The molecule has 0 aliphatic carbocycles. The third kappa shape index (κ3) is 3.35. The normalized spacial score (nSPS) is 11.4. The number of hydrogen-bond donors (Lipinski definition) is 0. The number of halogens is 5. The Morgan fingerprint density at radius 3 is 2.50 bits per heavy atom. The highest BCUT2D eigenvalue weighted by Gasteiger charge is 2.34. The molecule has 0 amide bonds. The Labute approximate surface area is 123 Å². The van der Waals surface area contributed by atoms with Crippen LogP contribution in [0, 0.1) is 0 Å². The molecule has 2 nitrogen and oxygen atoms in total. The Hall–Kier alpha value is -1.46. The molecule has 0 saturated carbocycles. The lowest BCUT2D eigenvalue weighted by Crippen LogP contribution is -2.07. The summed E-state index contributed by atoms with van der Waals surface area (Å²) in [7, 11) is 0. The Balaban J connectivity index is 2.36. The summed E-state index contributed by atoms with van der Waals surface area (Å²) in [4.78, 5) is 3.86. The molecule has 0 atom stereocenters. The molecule has 2 rings (SSSR count). The van der Waals surface area contributed by atoms with Gasteiger partial charge in [0.25, 0.3) is 0 Å². The molecule has 0 saturated heterocycles. The summed E-state index contributed by atoms with van der Waals surface area (Å²) in [6, 6.07) is 6.34. The molecule has 0 fully saturated rings. The second-order valence-electron chi connectivity index (χ2n) is 3.86. The van der Waals surface area contributed by atoms with Gasteiger partial charge in [-0.1, -0.05) is 23.7 Å². The van der Waals surface area contributed by atoms with Crippen molar-refractivity contribution >= 4 is 23.2 Å². The van der Waals surface area contributed by atoms with Crippen molar-refractivity contribution < 1.29 is 17.9 Å². The highest BCUT2D eigenvalue weighted by molar-refractivity contribution is 6.32. The van der Waals surface area contributed by atoms with Crippen LogP contribution in [0.4, 0.5) is 13.2 Å². The van der Waals surface area contributed by atoms with Crippen molar-refractivity contribution in [1.29, 1.82) is 0 Å². The fraction of sp³-hybridized carbons (Fsp3) is 0.154. The van der Waals surface area contributed by atoms with E-state index in [-0.39, 0.29) is 22.5 Å². The Bertz CT molecular complexity index is 617. The molecule has 7 heteroatoms. The van der Waals surface area contributed by atoms with E-state index in [1.165, 1.54) is 30.5 Å². The second kappa shape index (κ2) is 5.89. The summed E-state index contributed by atoms with van der Waals surface area (Å²) < 4.78 is 43.6. The zero-order valence-electron chi connectivity index (χ0n) is 9.92. The number of benzene rings is 1. The topological polar surface area (TPSA) is 22.1 Å². The first-order valence-electron chi connectivity index (χ1n) is 5.46. The molecule has 1 aromatic heterocycles. The Morgan fingerprint density at radius 1 is 1.20 bits per heavy atom. The van der Waals surface area contributed by atoms with Crippen molar-refractivity contribution in [2.45, 2.75) is 12.1 Å². The van der Waals surface area contributed by atoms with E-state index < -0.39 is 11.7 Å². The maximum atomic E-state index is 12.8. The third-order valence-electron chi connectivity index (χ3n) is 2.42. The maximum absolute atomic E-state index is 12.8. The number of hydrogen-bond acceptors (Lipinski definition) is 2. The van der Waals surface area contributed by atoms with Gasteiger partial charge in [0, 0.05) is 12.1 Å². The molecule has 0 aliphatic rings. The van der Waals surface area contributed by atoms with E-state index in [0.29, 0.717) is 5.56 Å². The molecule has 1 heterocycles. The minimum Gasteiger partial charge on any atom is -0.437 e. The average Bonchev–Trinajstić information content (AvgIpc) is 2.40. The zero-order chi connectivity index (χ0) is 14.8. The Kier molecular flexibility index (Phi) is 4.40. The average molecular weight is 322 g/mol. The number of rotatable bonds is 3. The molecule has 0 unspecified atom stereocenters. The lowest BCUT2D eigenvalue weighted by Gasteiger charge is -2.13. The van der Waals surface area contributed by atoms with E-state index in [9.17, 15) is 13.2 Å². The van der Waals surface area contributed by atoms with Crippen molar-refractivity contribution in [2.24, 2.45) is 0 Å². The monoisotopic (exact) mass is 321 g/mol. The van der Waals surface area contributed by atoms with E-state index in [0.717, 1.165) is 6.07 Å². The lowest BCUT2D eigenvalue weighted by molar-refractivity contribution is -0.138. The first-order valence-corrected chi connectivity index (χ1v) is 6.37. The van der Waals surface area contributed by atoms with E-state index in [2.05, 4.69) is 4.98 Å². The summed E-state index contributed by atoms with van der Waals surface area (Å²) in [6.07, 6.45) is -3.12. The lowest BCUT2D eigenvalue weighted by atomic mass is 10.2. The number of pyridine rings is 1. The van der Waals surface area contributed by atoms with E-state index in [1.54, 1.807) is 0 Å². The van der Waals surface area contributed by atoms with Crippen molar-refractivity contribution in [1.82, 2.24) is 4.98 Å². The summed E-state index contributed by atoms with van der Waals surface area (Å²) in [6.45, 7) is 0. The number of alkyl halides is 4. The first-order chi connectivity index (χ1) is 9.41. The van der Waals surface area contributed by atoms with Crippen LogP contribution in [-0.2, 0) is 12.1 Å². The number of aromatic nitrogens is 1. The highest BCUT2D eigenvalue weighted by Crippen LogP contribution is 2.38. The van der Waals surface area contributed by atoms with E-state index in [4.69, 9.17) is 27.9 Å². The first kappa shape index (κ1) is 14.9. The van der Waals surface area contributed by atoms with Crippen molar-refractivity contribution in [2.75, 3.05) is 0 Å². The summed E-state index contributed by atoms with van der Waals surface area (Å²) in [5.41, 5.74) is -0.243. The highest BCUT2D eigenvalue weighted by atomic mass is 35.5. The third-order valence-corrected chi connectivity index (χ3v) is 3.00. The maximum Gasteiger partial charge on any atom is 0.419 e. The SMILES string of the molecule is FC(F)(F)c1ccccc1Oc1ncc(CCl)cc1Cl. The van der Waals surface area contributed by atoms with Crippen molar-refractivity contribution in [3.63, 3.8) is 0 Å². The van der Waals surface area contributed by atoms with Gasteiger partial charge in [0.2, 0.25) is 5.88 Å². The van der Waals surface area contributed by atoms with Crippen LogP contribution in [0.1, 0.15) is 11.1 Å². The molecular formula is C13H8Cl2F3NO. The van der Waals surface area contributed by atoms with Crippen LogP contribution in [0.2, 0.25) is 5.02 Å². The van der Waals surface area contributed by atoms with Gasteiger partial charge in [0.15, 0.2) is 0 Å². The molecule has 0 aliphatic heterocycles. The van der Waals surface area contributed by atoms with Crippen LogP contribution in [0.3, 0.4) is 0 Å². The van der Waals surface area contributed by atoms with Gasteiger partial charge in [-0.3, -0.25) is 0 Å². The van der Waals surface area contributed by atoms with E-state index in [1.807, 2.05) is 0 Å². The van der Waals surface area contributed by atoms with Gasteiger partial charge >= 0.3 is 6.18 Å². The Morgan fingerprint density at radius 2 is 1.90 bits per heavy atom. The second-order valence-corrected chi connectivity index (χ2v) is 4.53. The molecule has 0 spiro atoms. The predicted molar refractivity (Wildman–Crippen MR) is 70.3 cm³/mol. The van der Waals surface area contributed by atoms with Crippen molar-refractivity contribution in [3.8, 4) is 11.6 Å². The summed E-state index contributed by atoms with van der Waals surface area (Å²) >= 11 is 11.5. The predicted octanol–water partition coefficient (Wildman–Crippen LogP) is 5.28. The molecule has 0 bridgehead atoms. The number of nitrogens with zero attached hydrogens (tertiary/aromatic N) is 1. The molecule has 106 valence electrons. The fourth-order valence-electron chi connectivity index (χ4n) is 1.51. The quantitative estimate of drug-likeness (QED) is 0.717. The van der Waals surface area contributed by atoms with Gasteiger partial charge in [-0.05, 0) is 23.8 Å². The van der Waals surface area contributed by atoms with Crippen LogP contribution < -0.4 is 4.74 Å². The summed E-state index contributed by atoms with van der Waals surface area (Å²) in [5, 5.41) is 0.0973. The van der Waals surface area contributed by atoms with Crippen LogP contribution in [0.25, 0.3) is 0 Å². The van der Waals surface area contributed by atoms with Gasteiger partial charge in [0.05, 0.1) is 5.56 Å². The molecule has 20 heavy (non-hydrogen) atoms. The van der Waals surface area contributed by atoms with Gasteiger partial charge in [-0.25, -0.2) is 4.98 Å². The van der Waals surface area contributed by atoms with Gasteiger partial charge in [0.1, 0.15) is 10.8 Å². The molecule has 0 radical (unpaired) electrons. The van der Waals surface area contributed by atoms with Gasteiger partial charge in [-0.15, -0.1) is 11.6 Å². The van der Waals surface area contributed by atoms with Crippen LogP contribution in [0.5, 0.6) is 11.6 Å². The number of para-hydroxylation sites is 1. The van der Waals surface area contributed by atoms with Crippen molar-refractivity contribution in [3.05, 3.63) is 52.7 Å². The molecule has 1 aromatic carbocycles. The van der Waals surface area contributed by atoms with Crippen LogP contribution in [0.15, 0.2) is 36.5 Å². The summed E-state index contributed by atoms with van der Waals surface area (Å²) in [5.74, 6) is -0.253. The molecule has 0 N–H and O–H groups in total. The molecule has 2 aromatic rings. The van der Waals surface area contributed by atoms with Gasteiger partial charge in [-0.2, -0.15) is 13.2 Å². The minimum absolute atomic E-state index is 0.0973. The zero-order valence-corrected chi connectivity index (χ0v) is 11.4. The minimum atomic E-state index is -4.51. The van der Waals surface area contributed by atoms with E-state index >= 15 is 0 Å². The fourth-order valence-corrected chi connectivity index (χ4v) is 1.88. The largest absolute Gasteiger partial charge is 0.437 e. The van der Waals surface area contributed by atoms with Crippen LogP contribution >= 0.6 is 23.2 Å². The number of ether oxygens (including phenoxy) is 1. The standard InChI is InChI=1S/C13H8Cl2F3NO/c14-6-8-5-10(15)12(19-7-8)20-11-4-2-1-3-9(11)13(16,17)18/h1-5,7H,6H2. The smallest absolute Gasteiger partial charge is 0.419 e.